The molecule has 17 heavy (non-hydrogen) atoms. The SMILES string of the molecule is FP(F)F.[C-]#[O+].[CH]1[CH][CH][CH][CH]1.[CH]1[CH][CH][CH][CH]1.[Ti]. The van der Waals surface area contributed by atoms with Crippen LogP contribution in [-0.4, -0.2) is 0 Å². The molecule has 0 aromatic heterocycles. The van der Waals surface area contributed by atoms with Crippen molar-refractivity contribution in [3.63, 3.8) is 0 Å². The Bertz CT molecular complexity index is 112. The predicted octanol–water partition coefficient (Wildman–Crippen LogP) is 4.12. The second-order valence-corrected chi connectivity index (χ2v) is 2.50. The molecule has 6 heteroatoms. The smallest absolute Gasteiger partial charge is 0 e. The van der Waals surface area contributed by atoms with Gasteiger partial charge in [-0.1, -0.05) is 0 Å². The van der Waals surface area contributed by atoms with E-state index in [0.29, 0.717) is 0 Å². The average Bonchev–Trinajstić information content (AvgIpc) is 2.99. The zero-order chi connectivity index (χ0) is 12.6. The van der Waals surface area contributed by atoms with Gasteiger partial charge in [0.25, 0.3) is 0 Å². The standard InChI is InChI=1S/2C5H5.CO.F3P.Ti/c2*1-2-4-5-3-1;1-2;1-4(2)3;/h2*1-5H;;;. The van der Waals surface area contributed by atoms with Crippen molar-refractivity contribution in [3.05, 3.63) is 70.9 Å². The van der Waals surface area contributed by atoms with Crippen LogP contribution >= 0.6 is 8.85 Å². The fourth-order valence-electron chi connectivity index (χ4n) is 0.642. The molecule has 90 valence electrons. The second-order valence-electron chi connectivity index (χ2n) is 2.12. The van der Waals surface area contributed by atoms with E-state index in [1.165, 1.54) is 0 Å². The first kappa shape index (κ1) is 22.8. The van der Waals surface area contributed by atoms with Gasteiger partial charge in [0.2, 0.25) is 0 Å². The van der Waals surface area contributed by atoms with E-state index < -0.39 is 8.85 Å². The van der Waals surface area contributed by atoms with Crippen LogP contribution in [0.1, 0.15) is 0 Å². The number of halogens is 3. The molecule has 0 aliphatic heterocycles. The summed E-state index contributed by atoms with van der Waals surface area (Å²) in [5, 5.41) is 0. The first-order valence-corrected chi connectivity index (χ1v) is 5.06. The molecule has 0 bridgehead atoms. The van der Waals surface area contributed by atoms with Crippen LogP contribution < -0.4 is 0 Å². The Morgan fingerprint density at radius 2 is 0.647 bits per heavy atom. The van der Waals surface area contributed by atoms with Gasteiger partial charge in [0.05, 0.1) is 0 Å². The van der Waals surface area contributed by atoms with Crippen LogP contribution in [0.3, 0.4) is 0 Å². The van der Waals surface area contributed by atoms with Gasteiger partial charge < -0.3 is 0 Å². The van der Waals surface area contributed by atoms with Crippen molar-refractivity contribution in [3.8, 4) is 0 Å². The summed E-state index contributed by atoms with van der Waals surface area (Å²) in [4.78, 5) is 0. The molecule has 0 unspecified atom stereocenters. The molecule has 0 aromatic rings. The summed E-state index contributed by atoms with van der Waals surface area (Å²) >= 11 is 0. The van der Waals surface area contributed by atoms with Crippen LogP contribution in [0.4, 0.5) is 12.6 Å². The molecule has 2 aliphatic carbocycles. The van der Waals surface area contributed by atoms with Gasteiger partial charge in [-0.3, -0.25) is 0 Å². The van der Waals surface area contributed by atoms with Crippen molar-refractivity contribution >= 4 is 8.85 Å². The maximum absolute atomic E-state index is 9.73. The van der Waals surface area contributed by atoms with Crippen LogP contribution in [0, 0.1) is 70.9 Å². The van der Waals surface area contributed by atoms with E-state index in [0.717, 1.165) is 0 Å². The predicted molar refractivity (Wildman–Crippen MR) is 57.2 cm³/mol. The van der Waals surface area contributed by atoms with Gasteiger partial charge in [-0.2, -0.15) is 12.6 Å². The minimum atomic E-state index is -4.12. The summed E-state index contributed by atoms with van der Waals surface area (Å²) in [6, 6.07) is 0. The van der Waals surface area contributed by atoms with E-state index in [1.54, 1.807) is 0 Å². The first-order valence-electron chi connectivity index (χ1n) is 4.04. The van der Waals surface area contributed by atoms with Gasteiger partial charge in [-0.25, -0.2) is 0 Å². The van der Waals surface area contributed by atoms with Crippen molar-refractivity contribution in [1.29, 1.82) is 0 Å². The van der Waals surface area contributed by atoms with Crippen molar-refractivity contribution in [2.45, 2.75) is 0 Å². The fourth-order valence-corrected chi connectivity index (χ4v) is 0.642. The van der Waals surface area contributed by atoms with Gasteiger partial charge in [0.15, 0.2) is 0 Å². The third kappa shape index (κ3) is 31.5. The maximum Gasteiger partial charge on any atom is 0 e. The Balaban J connectivity index is -0.000000158. The van der Waals surface area contributed by atoms with E-state index in [-0.39, 0.29) is 21.7 Å². The normalized spacial score (nSPS) is 16.4. The molecule has 0 saturated heterocycles. The molecule has 1 nitrogen and oxygen atoms in total. The summed E-state index contributed by atoms with van der Waals surface area (Å²) in [5.74, 6) is 0. The molecular weight excluding hydrogens is 284 g/mol. The molecular formula is C11H10F3OPTi. The Morgan fingerprint density at radius 3 is 0.706 bits per heavy atom. The van der Waals surface area contributed by atoms with Gasteiger partial charge in [-0.15, -0.1) is 0 Å². The van der Waals surface area contributed by atoms with E-state index in [4.69, 9.17) is 4.65 Å². The minimum absolute atomic E-state index is 0. The molecule has 0 amide bonds. The summed E-state index contributed by atoms with van der Waals surface area (Å²) in [5.41, 5.74) is 0. The van der Waals surface area contributed by atoms with Gasteiger partial charge in [-0.05, 0) is 64.2 Å². The Hall–Kier alpha value is 0.674. The van der Waals surface area contributed by atoms with E-state index >= 15 is 0 Å². The van der Waals surface area contributed by atoms with Crippen LogP contribution in [0.15, 0.2) is 0 Å². The van der Waals surface area contributed by atoms with Crippen LogP contribution in [-0.2, 0) is 26.4 Å². The van der Waals surface area contributed by atoms with Crippen LogP contribution in [0.25, 0.3) is 0 Å². The number of hydrogen-bond donors (Lipinski definition) is 0. The maximum atomic E-state index is 9.73. The Morgan fingerprint density at radius 1 is 0.588 bits per heavy atom. The summed E-state index contributed by atoms with van der Waals surface area (Å²) < 4.78 is 36.7. The van der Waals surface area contributed by atoms with E-state index in [2.05, 4.69) is 6.65 Å². The topological polar surface area (TPSA) is 19.9 Å². The van der Waals surface area contributed by atoms with Crippen LogP contribution in [0.5, 0.6) is 0 Å². The van der Waals surface area contributed by atoms with E-state index in [1.807, 2.05) is 64.2 Å². The van der Waals surface area contributed by atoms with Crippen molar-refractivity contribution in [1.82, 2.24) is 0 Å². The van der Waals surface area contributed by atoms with Gasteiger partial charge >= 0.3 is 20.2 Å². The molecule has 2 rings (SSSR count). The Kier molecular flexibility index (Phi) is 29.4. The molecule has 2 saturated carbocycles. The van der Waals surface area contributed by atoms with Crippen molar-refractivity contribution < 1.29 is 39.0 Å². The summed E-state index contributed by atoms with van der Waals surface area (Å²) in [7, 11) is -4.12. The minimum Gasteiger partial charge on any atom is -0.0312 e. The zero-order valence-corrected chi connectivity index (χ0v) is 11.2. The van der Waals surface area contributed by atoms with Crippen molar-refractivity contribution in [2.75, 3.05) is 0 Å². The van der Waals surface area contributed by atoms with Crippen molar-refractivity contribution in [2.24, 2.45) is 0 Å². The molecule has 0 aromatic carbocycles. The van der Waals surface area contributed by atoms with Gasteiger partial charge in [0.1, 0.15) is 0 Å². The quantitative estimate of drug-likeness (QED) is 0.277. The third-order valence-electron chi connectivity index (χ3n) is 1.11. The second kappa shape index (κ2) is 21.9. The van der Waals surface area contributed by atoms with Crippen LogP contribution in [0.2, 0.25) is 0 Å². The molecule has 2 fully saturated rings. The monoisotopic (exact) mass is 294 g/mol. The molecule has 0 N–H and O–H groups in total. The molecule has 0 atom stereocenters. The largest absolute Gasteiger partial charge is 0.0312 e. The fraction of sp³-hybridized carbons (Fsp3) is 0. The zero-order valence-electron chi connectivity index (χ0n) is 8.76. The first-order chi connectivity index (χ1) is 7.73. The third-order valence-corrected chi connectivity index (χ3v) is 1.11. The average molecular weight is 294 g/mol. The molecule has 10 radical (unpaired) electrons. The molecule has 0 spiro atoms. The van der Waals surface area contributed by atoms with Gasteiger partial charge in [0, 0.05) is 21.7 Å². The number of hydrogen-bond acceptors (Lipinski definition) is 0. The summed E-state index contributed by atoms with van der Waals surface area (Å²) in [6.07, 6.45) is 20.0. The number of rotatable bonds is 0. The molecule has 2 aliphatic rings. The molecule has 0 heterocycles. The summed E-state index contributed by atoms with van der Waals surface area (Å²) in [6.45, 7) is 4.50. The van der Waals surface area contributed by atoms with E-state index in [9.17, 15) is 12.6 Å². The Labute approximate surface area is 119 Å².